The summed E-state index contributed by atoms with van der Waals surface area (Å²) in [7, 11) is 0. The highest BCUT2D eigenvalue weighted by Gasteiger charge is 2.43. The maximum Gasteiger partial charge on any atom is 0.408 e. The van der Waals surface area contributed by atoms with E-state index in [1.54, 1.807) is 51.1 Å². The lowest BCUT2D eigenvalue weighted by Gasteiger charge is -2.35. The molecule has 6 N–H and O–H groups in total. The number of rotatable bonds is 14. The number of alkyl carbamates (subject to hydrolysis) is 1. The molecule has 4 rings (SSSR count). The molecule has 6 amide bonds. The SMILES string of the molecule is CC(NC(=O)C(=O)C(CC1CC1)NC(=O)C1CCCN1C(=O)C(NC(=O)OC(C)(C)C)C1CCCCC1)C(=O)NC(C(N)=O)c1ccccc1. The van der Waals surface area contributed by atoms with Crippen LogP contribution in [0.5, 0.6) is 0 Å². The van der Waals surface area contributed by atoms with Crippen LogP contribution >= 0.6 is 0 Å². The van der Waals surface area contributed by atoms with E-state index in [0.717, 1.165) is 44.9 Å². The van der Waals surface area contributed by atoms with Crippen LogP contribution in [-0.4, -0.2) is 82.6 Å². The zero-order valence-electron chi connectivity index (χ0n) is 29.5. The predicted octanol–water partition coefficient (Wildman–Crippen LogP) is 2.15. The Morgan fingerprint density at radius 3 is 2.12 bits per heavy atom. The van der Waals surface area contributed by atoms with E-state index < -0.39 is 71.3 Å². The molecule has 0 spiro atoms. The summed E-state index contributed by atoms with van der Waals surface area (Å²) in [5.74, 6) is -4.38. The maximum absolute atomic E-state index is 14.0. The molecule has 5 atom stereocenters. The van der Waals surface area contributed by atoms with Gasteiger partial charge in [0.1, 0.15) is 29.8 Å². The van der Waals surface area contributed by atoms with Crippen molar-refractivity contribution in [1.82, 2.24) is 26.2 Å². The fourth-order valence-electron chi connectivity index (χ4n) is 6.67. The Morgan fingerprint density at radius 1 is 0.860 bits per heavy atom. The topological polar surface area (TPSA) is 206 Å². The first-order chi connectivity index (χ1) is 23.6. The summed E-state index contributed by atoms with van der Waals surface area (Å²) >= 11 is 0. The number of ether oxygens (including phenoxy) is 1. The number of amides is 6. The number of primary amides is 1. The van der Waals surface area contributed by atoms with Gasteiger partial charge in [0.15, 0.2) is 0 Å². The van der Waals surface area contributed by atoms with Crippen molar-refractivity contribution >= 4 is 41.4 Å². The lowest BCUT2D eigenvalue weighted by molar-refractivity contribution is -0.144. The molecule has 1 aliphatic heterocycles. The van der Waals surface area contributed by atoms with E-state index >= 15 is 0 Å². The zero-order chi connectivity index (χ0) is 36.6. The summed E-state index contributed by atoms with van der Waals surface area (Å²) in [6, 6.07) is 3.10. The molecule has 274 valence electrons. The molecular formula is C36H52N6O8. The molecule has 3 fully saturated rings. The van der Waals surface area contributed by atoms with Crippen LogP contribution in [0.1, 0.15) is 104 Å². The molecule has 3 aliphatic rings. The molecule has 1 aromatic carbocycles. The number of hydrogen-bond donors (Lipinski definition) is 5. The zero-order valence-corrected chi connectivity index (χ0v) is 29.5. The average Bonchev–Trinajstić information content (AvgIpc) is 3.75. The van der Waals surface area contributed by atoms with Crippen molar-refractivity contribution in [3.8, 4) is 0 Å². The monoisotopic (exact) mass is 696 g/mol. The van der Waals surface area contributed by atoms with Gasteiger partial charge in [-0.2, -0.15) is 0 Å². The van der Waals surface area contributed by atoms with Gasteiger partial charge in [-0.15, -0.1) is 0 Å². The van der Waals surface area contributed by atoms with Crippen molar-refractivity contribution in [1.29, 1.82) is 0 Å². The number of likely N-dealkylation sites (tertiary alicyclic amines) is 1. The summed E-state index contributed by atoms with van der Waals surface area (Å²) in [6.45, 7) is 6.90. The third-order valence-electron chi connectivity index (χ3n) is 9.47. The molecule has 0 radical (unpaired) electrons. The normalized spacial score (nSPS) is 20.4. The molecule has 1 heterocycles. The first-order valence-electron chi connectivity index (χ1n) is 17.7. The van der Waals surface area contributed by atoms with Gasteiger partial charge < -0.3 is 36.6 Å². The number of benzene rings is 1. The summed E-state index contributed by atoms with van der Waals surface area (Å²) < 4.78 is 5.46. The fraction of sp³-hybridized carbons (Fsp3) is 0.639. The molecular weight excluding hydrogens is 644 g/mol. The molecule has 0 aromatic heterocycles. The third-order valence-corrected chi connectivity index (χ3v) is 9.47. The highest BCUT2D eigenvalue weighted by atomic mass is 16.6. The second-order valence-corrected chi connectivity index (χ2v) is 14.8. The highest BCUT2D eigenvalue weighted by Crippen LogP contribution is 2.34. The van der Waals surface area contributed by atoms with Gasteiger partial charge in [0.05, 0.1) is 6.04 Å². The molecule has 1 aromatic rings. The van der Waals surface area contributed by atoms with Crippen LogP contribution in [0, 0.1) is 11.8 Å². The lowest BCUT2D eigenvalue weighted by atomic mass is 9.83. The van der Waals surface area contributed by atoms with E-state index in [1.807, 2.05) is 0 Å². The molecule has 2 aliphatic carbocycles. The van der Waals surface area contributed by atoms with E-state index in [4.69, 9.17) is 10.5 Å². The molecule has 5 unspecified atom stereocenters. The van der Waals surface area contributed by atoms with Gasteiger partial charge in [0.2, 0.25) is 29.4 Å². The first-order valence-corrected chi connectivity index (χ1v) is 17.7. The lowest BCUT2D eigenvalue weighted by Crippen LogP contribution is -2.58. The van der Waals surface area contributed by atoms with Gasteiger partial charge in [-0.3, -0.25) is 28.8 Å². The number of carbonyl (C=O) groups excluding carboxylic acids is 7. The van der Waals surface area contributed by atoms with Gasteiger partial charge in [0.25, 0.3) is 5.91 Å². The number of carbonyl (C=O) groups is 7. The second-order valence-electron chi connectivity index (χ2n) is 14.8. The van der Waals surface area contributed by atoms with Crippen LogP contribution in [0.25, 0.3) is 0 Å². The Hall–Kier alpha value is -4.49. The highest BCUT2D eigenvalue weighted by molar-refractivity contribution is 6.38. The van der Waals surface area contributed by atoms with E-state index in [0.29, 0.717) is 24.9 Å². The summed E-state index contributed by atoms with van der Waals surface area (Å²) in [6.07, 6.45) is 6.58. The third kappa shape index (κ3) is 10.8. The van der Waals surface area contributed by atoms with Crippen LogP contribution in [0.3, 0.4) is 0 Å². The number of hydrogen-bond acceptors (Lipinski definition) is 8. The minimum atomic E-state index is -1.20. The van der Waals surface area contributed by atoms with Crippen molar-refractivity contribution in [2.75, 3.05) is 6.54 Å². The van der Waals surface area contributed by atoms with Gasteiger partial charge in [-0.1, -0.05) is 62.4 Å². The molecule has 14 heteroatoms. The fourth-order valence-corrected chi connectivity index (χ4v) is 6.67. The van der Waals surface area contributed by atoms with Gasteiger partial charge in [-0.25, -0.2) is 4.79 Å². The Balaban J connectivity index is 1.41. The molecule has 1 saturated heterocycles. The molecule has 0 bridgehead atoms. The van der Waals surface area contributed by atoms with Crippen molar-refractivity contribution in [3.05, 3.63) is 35.9 Å². The number of ketones is 1. The van der Waals surface area contributed by atoms with E-state index in [-0.39, 0.29) is 24.2 Å². The van der Waals surface area contributed by atoms with Crippen LogP contribution < -0.4 is 27.0 Å². The minimum absolute atomic E-state index is 0.105. The number of nitrogens with one attached hydrogen (secondary N) is 4. The van der Waals surface area contributed by atoms with Crippen molar-refractivity contribution in [2.45, 2.75) is 128 Å². The molecule has 2 saturated carbocycles. The number of nitrogens with two attached hydrogens (primary N) is 1. The van der Waals surface area contributed by atoms with Gasteiger partial charge >= 0.3 is 6.09 Å². The standard InChI is InChI=1S/C36H52N6O8/c1-21(31(45)40-27(30(37)44)23-12-7-5-8-13-23)38-33(47)29(43)25(20-22-17-18-22)39-32(46)26-16-11-19-42(26)34(48)28(24-14-9-6-10-15-24)41-35(49)50-36(2,3)4/h5,7-8,12-13,21-22,24-28H,6,9-11,14-20H2,1-4H3,(H2,37,44)(H,38,47)(H,39,46)(H,40,45)(H,41,49). The Labute approximate surface area is 293 Å². The predicted molar refractivity (Wildman–Crippen MR) is 183 cm³/mol. The minimum Gasteiger partial charge on any atom is -0.444 e. The van der Waals surface area contributed by atoms with Gasteiger partial charge in [0, 0.05) is 6.54 Å². The Bertz CT molecular complexity index is 1420. The Kier molecular flexibility index (Phi) is 13.0. The average molecular weight is 697 g/mol. The maximum atomic E-state index is 14.0. The quantitative estimate of drug-likeness (QED) is 0.182. The number of Topliss-reactive ketones (excluding diaryl/α,β-unsaturated/α-hetero) is 1. The van der Waals surface area contributed by atoms with E-state index in [9.17, 15) is 33.6 Å². The van der Waals surface area contributed by atoms with Crippen molar-refractivity contribution in [2.24, 2.45) is 17.6 Å². The van der Waals surface area contributed by atoms with E-state index in [2.05, 4.69) is 21.3 Å². The van der Waals surface area contributed by atoms with Crippen LogP contribution in [0.15, 0.2) is 30.3 Å². The van der Waals surface area contributed by atoms with Gasteiger partial charge in [-0.05, 0) is 77.2 Å². The largest absolute Gasteiger partial charge is 0.444 e. The number of nitrogens with zero attached hydrogens (tertiary/aromatic N) is 1. The van der Waals surface area contributed by atoms with Crippen LogP contribution in [0.2, 0.25) is 0 Å². The summed E-state index contributed by atoms with van der Waals surface area (Å²) in [4.78, 5) is 93.6. The first kappa shape index (κ1) is 38.3. The molecule has 50 heavy (non-hydrogen) atoms. The Morgan fingerprint density at radius 2 is 1.52 bits per heavy atom. The van der Waals surface area contributed by atoms with Crippen LogP contribution in [0.4, 0.5) is 4.79 Å². The van der Waals surface area contributed by atoms with Crippen LogP contribution in [-0.2, 0) is 33.5 Å². The molecule has 14 nitrogen and oxygen atoms in total. The summed E-state index contributed by atoms with van der Waals surface area (Å²) in [5.41, 5.74) is 5.20. The smallest absolute Gasteiger partial charge is 0.408 e. The second kappa shape index (κ2) is 16.9. The summed E-state index contributed by atoms with van der Waals surface area (Å²) in [5, 5.41) is 10.4. The van der Waals surface area contributed by atoms with E-state index in [1.165, 1.54) is 11.8 Å². The van der Waals surface area contributed by atoms with Crippen molar-refractivity contribution < 1.29 is 38.3 Å². The van der Waals surface area contributed by atoms with Crippen molar-refractivity contribution in [3.63, 3.8) is 0 Å².